The van der Waals surface area contributed by atoms with Crippen molar-refractivity contribution in [3.05, 3.63) is 35.4 Å². The van der Waals surface area contributed by atoms with E-state index in [1.54, 1.807) is 0 Å². The largest absolute Gasteiger partial charge is 0.396 e. The molecule has 0 fully saturated rings. The van der Waals surface area contributed by atoms with E-state index in [1.165, 1.54) is 5.56 Å². The van der Waals surface area contributed by atoms with E-state index < -0.39 is 0 Å². The summed E-state index contributed by atoms with van der Waals surface area (Å²) in [6.45, 7) is 4.43. The minimum absolute atomic E-state index is 0.243. The van der Waals surface area contributed by atoms with Gasteiger partial charge in [0.25, 0.3) is 0 Å². The van der Waals surface area contributed by atoms with Crippen molar-refractivity contribution in [2.45, 2.75) is 19.1 Å². The predicted molar refractivity (Wildman–Crippen MR) is 68.3 cm³/mol. The van der Waals surface area contributed by atoms with Crippen LogP contribution in [0.1, 0.15) is 30.2 Å². The molecule has 0 radical (unpaired) electrons. The van der Waals surface area contributed by atoms with Crippen molar-refractivity contribution >= 4 is 11.8 Å². The van der Waals surface area contributed by atoms with Crippen molar-refractivity contribution in [1.29, 1.82) is 5.26 Å². The van der Waals surface area contributed by atoms with Crippen LogP contribution in [0.4, 0.5) is 0 Å². The van der Waals surface area contributed by atoms with E-state index >= 15 is 0 Å². The number of benzene rings is 1. The van der Waals surface area contributed by atoms with Crippen molar-refractivity contribution in [3.8, 4) is 6.07 Å². The normalized spacial score (nSPS) is 14.1. The first-order valence-corrected chi connectivity index (χ1v) is 6.44. The lowest BCUT2D eigenvalue weighted by Gasteiger charge is -2.14. The Morgan fingerprint density at radius 1 is 1.31 bits per heavy atom. The number of hydrogen-bond acceptors (Lipinski definition) is 3. The van der Waals surface area contributed by atoms with Crippen molar-refractivity contribution < 1.29 is 5.11 Å². The van der Waals surface area contributed by atoms with Crippen LogP contribution in [0.25, 0.3) is 0 Å². The zero-order valence-electron chi connectivity index (χ0n) is 9.68. The number of rotatable bonds is 5. The number of thioether (sulfide) groups is 1. The molecule has 0 aliphatic rings. The molecule has 0 amide bonds. The Morgan fingerprint density at radius 3 is 2.44 bits per heavy atom. The molecule has 0 saturated heterocycles. The molecule has 2 nitrogen and oxygen atoms in total. The summed E-state index contributed by atoms with van der Waals surface area (Å²) in [6, 6.07) is 9.81. The van der Waals surface area contributed by atoms with Gasteiger partial charge in [-0.25, -0.2) is 0 Å². The molecule has 0 bridgehead atoms. The zero-order chi connectivity index (χ0) is 12.0. The monoisotopic (exact) mass is 235 g/mol. The van der Waals surface area contributed by atoms with Crippen LogP contribution in [-0.4, -0.2) is 17.5 Å². The molecule has 2 atom stereocenters. The molecule has 0 saturated carbocycles. The van der Waals surface area contributed by atoms with Crippen LogP contribution >= 0.6 is 11.8 Å². The number of aliphatic hydroxyl groups is 1. The molecule has 1 aromatic rings. The second-order valence-corrected chi connectivity index (χ2v) is 5.37. The fraction of sp³-hybridized carbons (Fsp3) is 0.462. The SMILES string of the molecule is CC(CO)CSC(C)c1ccc(C#N)cc1. The number of nitrogens with zero attached hydrogens (tertiary/aromatic N) is 1. The maximum Gasteiger partial charge on any atom is 0.0991 e. The minimum Gasteiger partial charge on any atom is -0.396 e. The third kappa shape index (κ3) is 3.88. The van der Waals surface area contributed by atoms with Gasteiger partial charge in [0.05, 0.1) is 11.6 Å². The van der Waals surface area contributed by atoms with Crippen LogP contribution in [0.5, 0.6) is 0 Å². The average molecular weight is 235 g/mol. The molecule has 3 heteroatoms. The van der Waals surface area contributed by atoms with Crippen LogP contribution in [0.15, 0.2) is 24.3 Å². The highest BCUT2D eigenvalue weighted by Gasteiger charge is 2.08. The maximum absolute atomic E-state index is 8.94. The maximum atomic E-state index is 8.94. The molecule has 1 rings (SSSR count). The summed E-state index contributed by atoms with van der Waals surface area (Å²) in [5.74, 6) is 1.29. The van der Waals surface area contributed by atoms with Crippen molar-refractivity contribution in [3.63, 3.8) is 0 Å². The second kappa shape index (κ2) is 6.57. The van der Waals surface area contributed by atoms with Gasteiger partial charge in [-0.15, -0.1) is 0 Å². The Kier molecular flexibility index (Phi) is 5.37. The van der Waals surface area contributed by atoms with Gasteiger partial charge in [0.1, 0.15) is 0 Å². The molecular weight excluding hydrogens is 218 g/mol. The van der Waals surface area contributed by atoms with Gasteiger partial charge in [-0.1, -0.05) is 19.1 Å². The second-order valence-electron chi connectivity index (χ2n) is 4.00. The van der Waals surface area contributed by atoms with E-state index in [4.69, 9.17) is 10.4 Å². The summed E-state index contributed by atoms with van der Waals surface area (Å²) in [5.41, 5.74) is 1.93. The molecule has 0 aliphatic carbocycles. The highest BCUT2D eigenvalue weighted by molar-refractivity contribution is 7.99. The molecule has 0 spiro atoms. The smallest absolute Gasteiger partial charge is 0.0991 e. The van der Waals surface area contributed by atoms with Gasteiger partial charge in [0.15, 0.2) is 0 Å². The van der Waals surface area contributed by atoms with Gasteiger partial charge < -0.3 is 5.11 Å². The Labute approximate surface area is 101 Å². The van der Waals surface area contributed by atoms with Gasteiger partial charge in [-0.2, -0.15) is 17.0 Å². The van der Waals surface area contributed by atoms with Crippen LogP contribution in [-0.2, 0) is 0 Å². The summed E-state index contributed by atoms with van der Waals surface area (Å²) in [5, 5.41) is 18.0. The Morgan fingerprint density at radius 2 is 1.94 bits per heavy atom. The number of nitriles is 1. The van der Waals surface area contributed by atoms with Gasteiger partial charge in [0, 0.05) is 11.9 Å². The molecule has 1 aromatic carbocycles. The lowest BCUT2D eigenvalue weighted by atomic mass is 10.1. The average Bonchev–Trinajstić information content (AvgIpc) is 2.35. The van der Waals surface area contributed by atoms with Crippen LogP contribution in [0.3, 0.4) is 0 Å². The zero-order valence-corrected chi connectivity index (χ0v) is 10.5. The van der Waals surface area contributed by atoms with E-state index in [2.05, 4.69) is 13.0 Å². The lowest BCUT2D eigenvalue weighted by Crippen LogP contribution is -2.04. The first-order valence-electron chi connectivity index (χ1n) is 5.40. The number of aliphatic hydroxyl groups excluding tert-OH is 1. The third-order valence-electron chi connectivity index (χ3n) is 2.45. The predicted octanol–water partition coefficient (Wildman–Crippen LogP) is 2.98. The highest BCUT2D eigenvalue weighted by atomic mass is 32.2. The first kappa shape index (κ1) is 13.1. The Balaban J connectivity index is 2.53. The molecule has 0 aliphatic heterocycles. The van der Waals surface area contributed by atoms with E-state index in [-0.39, 0.29) is 6.61 Å². The molecule has 16 heavy (non-hydrogen) atoms. The van der Waals surface area contributed by atoms with Gasteiger partial charge in [0.2, 0.25) is 0 Å². The van der Waals surface area contributed by atoms with Crippen molar-refractivity contribution in [2.24, 2.45) is 5.92 Å². The highest BCUT2D eigenvalue weighted by Crippen LogP contribution is 2.29. The lowest BCUT2D eigenvalue weighted by molar-refractivity contribution is 0.250. The third-order valence-corrected chi connectivity index (χ3v) is 3.99. The summed E-state index contributed by atoms with van der Waals surface area (Å²) in [6.07, 6.45) is 0. The van der Waals surface area contributed by atoms with Gasteiger partial charge >= 0.3 is 0 Å². The fourth-order valence-electron chi connectivity index (χ4n) is 1.29. The molecule has 0 aromatic heterocycles. The summed E-state index contributed by atoms with van der Waals surface area (Å²) >= 11 is 1.83. The Hall–Kier alpha value is -0.980. The van der Waals surface area contributed by atoms with Crippen molar-refractivity contribution in [1.82, 2.24) is 0 Å². The van der Waals surface area contributed by atoms with Gasteiger partial charge in [-0.3, -0.25) is 0 Å². The first-order chi connectivity index (χ1) is 7.67. The molecule has 86 valence electrons. The number of hydrogen-bond donors (Lipinski definition) is 1. The Bertz CT molecular complexity index is 355. The summed E-state index contributed by atoms with van der Waals surface area (Å²) < 4.78 is 0. The van der Waals surface area contributed by atoms with E-state index in [1.807, 2.05) is 43.0 Å². The molecule has 0 heterocycles. The molecule has 2 unspecified atom stereocenters. The topological polar surface area (TPSA) is 44.0 Å². The fourth-order valence-corrected chi connectivity index (χ4v) is 2.36. The van der Waals surface area contributed by atoms with Gasteiger partial charge in [-0.05, 0) is 36.3 Å². The van der Waals surface area contributed by atoms with E-state index in [0.717, 1.165) is 5.75 Å². The van der Waals surface area contributed by atoms with E-state index in [0.29, 0.717) is 16.7 Å². The summed E-state index contributed by atoms with van der Waals surface area (Å²) in [4.78, 5) is 0. The quantitative estimate of drug-likeness (QED) is 0.853. The molecule has 1 N–H and O–H groups in total. The van der Waals surface area contributed by atoms with Crippen LogP contribution < -0.4 is 0 Å². The van der Waals surface area contributed by atoms with Crippen LogP contribution in [0.2, 0.25) is 0 Å². The van der Waals surface area contributed by atoms with Crippen LogP contribution in [0, 0.1) is 17.2 Å². The van der Waals surface area contributed by atoms with Crippen molar-refractivity contribution in [2.75, 3.05) is 12.4 Å². The van der Waals surface area contributed by atoms with E-state index in [9.17, 15) is 0 Å². The molecular formula is C13H17NOS. The minimum atomic E-state index is 0.243. The summed E-state index contributed by atoms with van der Waals surface area (Å²) in [7, 11) is 0. The standard InChI is InChI=1S/C13H17NOS/c1-10(8-15)9-16-11(2)13-5-3-12(7-14)4-6-13/h3-6,10-11,15H,8-9H2,1-2H3.